The number of amides is 2. The average Bonchev–Trinajstić information content (AvgIpc) is 2.44. The molecule has 1 heterocycles. The van der Waals surface area contributed by atoms with Gasteiger partial charge in [0, 0.05) is 19.6 Å². The van der Waals surface area contributed by atoms with E-state index in [1.165, 1.54) is 0 Å². The largest absolute Gasteiger partial charge is 0.378 e. The lowest BCUT2D eigenvalue weighted by Gasteiger charge is -2.30. The van der Waals surface area contributed by atoms with Crippen molar-refractivity contribution in [2.24, 2.45) is 0 Å². The summed E-state index contributed by atoms with van der Waals surface area (Å²) in [5.41, 5.74) is 0. The molecule has 1 saturated heterocycles. The summed E-state index contributed by atoms with van der Waals surface area (Å²) >= 11 is 0. The van der Waals surface area contributed by atoms with E-state index in [1.807, 2.05) is 0 Å². The number of carbonyl (C=O) groups is 2. The Kier molecular flexibility index (Phi) is 6.52. The van der Waals surface area contributed by atoms with Crippen LogP contribution in [0.15, 0.2) is 12.7 Å². The van der Waals surface area contributed by atoms with Crippen LogP contribution in [0.3, 0.4) is 0 Å². The Balaban J connectivity index is 2.39. The van der Waals surface area contributed by atoms with Crippen LogP contribution in [0.4, 0.5) is 0 Å². The van der Waals surface area contributed by atoms with Crippen molar-refractivity contribution in [1.29, 1.82) is 0 Å². The molecule has 1 aliphatic heterocycles. The maximum absolute atomic E-state index is 12.1. The molecule has 2 unspecified atom stereocenters. The maximum Gasteiger partial charge on any atom is 0.239 e. The summed E-state index contributed by atoms with van der Waals surface area (Å²) in [6.45, 7) is 9.85. The summed E-state index contributed by atoms with van der Waals surface area (Å²) in [6, 6.07) is -0.803. The van der Waals surface area contributed by atoms with Crippen LogP contribution in [-0.2, 0) is 14.3 Å². The topological polar surface area (TPSA) is 70.7 Å². The van der Waals surface area contributed by atoms with Gasteiger partial charge >= 0.3 is 0 Å². The Hall–Kier alpha value is -1.40. The van der Waals surface area contributed by atoms with Crippen molar-refractivity contribution in [1.82, 2.24) is 15.5 Å². The van der Waals surface area contributed by atoms with E-state index < -0.39 is 6.04 Å². The van der Waals surface area contributed by atoms with E-state index in [4.69, 9.17) is 4.74 Å². The van der Waals surface area contributed by atoms with Crippen LogP contribution < -0.4 is 10.6 Å². The second kappa shape index (κ2) is 7.91. The molecule has 108 valence electrons. The third kappa shape index (κ3) is 5.00. The fourth-order valence-corrected chi connectivity index (χ4v) is 1.91. The molecule has 0 aromatic heterocycles. The van der Waals surface area contributed by atoms with E-state index in [2.05, 4.69) is 17.2 Å². The third-order valence-electron chi connectivity index (χ3n) is 3.01. The van der Waals surface area contributed by atoms with Gasteiger partial charge in [-0.3, -0.25) is 14.9 Å². The lowest BCUT2D eigenvalue weighted by Crippen LogP contribution is -2.53. The molecule has 1 rings (SSSR count). The van der Waals surface area contributed by atoms with Crippen LogP contribution in [0.25, 0.3) is 0 Å². The number of ether oxygens (including phenoxy) is 1. The first-order valence-corrected chi connectivity index (χ1v) is 6.57. The monoisotopic (exact) mass is 269 g/mol. The van der Waals surface area contributed by atoms with E-state index in [9.17, 15) is 9.59 Å². The maximum atomic E-state index is 12.1. The number of nitrogens with zero attached hydrogens (tertiary/aromatic N) is 1. The smallest absolute Gasteiger partial charge is 0.239 e. The summed E-state index contributed by atoms with van der Waals surface area (Å²) in [7, 11) is 0. The second-order valence-corrected chi connectivity index (χ2v) is 4.58. The van der Waals surface area contributed by atoms with E-state index in [1.54, 1.807) is 24.8 Å². The minimum absolute atomic E-state index is 0.00618. The summed E-state index contributed by atoms with van der Waals surface area (Å²) in [5, 5.41) is 5.70. The summed E-state index contributed by atoms with van der Waals surface area (Å²) in [6.07, 6.45) is 1.62. The fourth-order valence-electron chi connectivity index (χ4n) is 1.91. The van der Waals surface area contributed by atoms with Crippen LogP contribution in [0, 0.1) is 0 Å². The average molecular weight is 269 g/mol. The highest BCUT2D eigenvalue weighted by Crippen LogP contribution is 2.01. The third-order valence-corrected chi connectivity index (χ3v) is 3.01. The molecule has 2 atom stereocenters. The van der Waals surface area contributed by atoms with Crippen molar-refractivity contribution in [3.8, 4) is 0 Å². The van der Waals surface area contributed by atoms with Crippen molar-refractivity contribution in [3.63, 3.8) is 0 Å². The van der Waals surface area contributed by atoms with Gasteiger partial charge in [-0.15, -0.1) is 6.58 Å². The summed E-state index contributed by atoms with van der Waals surface area (Å²) in [5.74, 6) is -0.131. The van der Waals surface area contributed by atoms with Gasteiger partial charge in [-0.1, -0.05) is 6.08 Å². The van der Waals surface area contributed by atoms with Crippen molar-refractivity contribution >= 4 is 11.8 Å². The van der Waals surface area contributed by atoms with Gasteiger partial charge in [0.2, 0.25) is 11.8 Å². The Morgan fingerprint density at radius 1 is 1.32 bits per heavy atom. The first kappa shape index (κ1) is 15.7. The molecule has 0 aliphatic carbocycles. The van der Waals surface area contributed by atoms with Gasteiger partial charge < -0.3 is 15.0 Å². The van der Waals surface area contributed by atoms with Gasteiger partial charge in [0.25, 0.3) is 0 Å². The molecular weight excluding hydrogens is 246 g/mol. The quantitative estimate of drug-likeness (QED) is 0.639. The van der Waals surface area contributed by atoms with Crippen molar-refractivity contribution < 1.29 is 14.3 Å². The van der Waals surface area contributed by atoms with Gasteiger partial charge in [0.05, 0.1) is 25.3 Å². The molecule has 0 saturated carbocycles. The Morgan fingerprint density at radius 2 is 1.95 bits per heavy atom. The van der Waals surface area contributed by atoms with Crippen LogP contribution in [0.1, 0.15) is 13.8 Å². The standard InChI is InChI=1S/C13H23N3O3/c1-4-5-14-12(17)10(2)15-11(3)13(18)16-6-8-19-9-7-16/h4,10-11,15H,1,5-9H2,2-3H3,(H,14,17). The predicted molar refractivity (Wildman–Crippen MR) is 72.7 cm³/mol. The fraction of sp³-hybridized carbons (Fsp3) is 0.692. The second-order valence-electron chi connectivity index (χ2n) is 4.58. The minimum Gasteiger partial charge on any atom is -0.378 e. The highest BCUT2D eigenvalue weighted by molar-refractivity contribution is 5.85. The van der Waals surface area contributed by atoms with Crippen molar-refractivity contribution in [3.05, 3.63) is 12.7 Å². The first-order valence-electron chi connectivity index (χ1n) is 6.57. The van der Waals surface area contributed by atoms with E-state index >= 15 is 0 Å². The molecule has 0 aromatic carbocycles. The van der Waals surface area contributed by atoms with Gasteiger partial charge in [0.15, 0.2) is 0 Å². The molecule has 2 amide bonds. The zero-order valence-electron chi connectivity index (χ0n) is 11.6. The van der Waals surface area contributed by atoms with E-state index in [0.717, 1.165) is 0 Å². The molecular formula is C13H23N3O3. The van der Waals surface area contributed by atoms with Crippen LogP contribution >= 0.6 is 0 Å². The number of hydrogen-bond donors (Lipinski definition) is 2. The molecule has 0 radical (unpaired) electrons. The van der Waals surface area contributed by atoms with Gasteiger partial charge in [0.1, 0.15) is 0 Å². The molecule has 0 spiro atoms. The molecule has 2 N–H and O–H groups in total. The molecule has 1 aliphatic rings. The van der Waals surface area contributed by atoms with Crippen molar-refractivity contribution in [2.75, 3.05) is 32.8 Å². The van der Waals surface area contributed by atoms with Gasteiger partial charge in [-0.25, -0.2) is 0 Å². The number of morpholine rings is 1. The van der Waals surface area contributed by atoms with E-state index in [0.29, 0.717) is 32.8 Å². The molecule has 0 bridgehead atoms. The first-order chi connectivity index (χ1) is 9.06. The zero-order chi connectivity index (χ0) is 14.3. The molecule has 6 nitrogen and oxygen atoms in total. The Bertz CT molecular complexity index is 327. The van der Waals surface area contributed by atoms with Gasteiger partial charge in [-0.05, 0) is 13.8 Å². The lowest BCUT2D eigenvalue weighted by molar-refractivity contribution is -0.137. The predicted octanol–water partition coefficient (Wildman–Crippen LogP) is -0.486. The minimum atomic E-state index is -0.417. The number of nitrogens with one attached hydrogen (secondary N) is 2. The van der Waals surface area contributed by atoms with E-state index in [-0.39, 0.29) is 17.9 Å². The normalized spacial score (nSPS) is 18.5. The van der Waals surface area contributed by atoms with Crippen LogP contribution in [0.5, 0.6) is 0 Å². The highest BCUT2D eigenvalue weighted by atomic mass is 16.5. The SMILES string of the molecule is C=CCNC(=O)C(C)NC(C)C(=O)N1CCOCC1. The van der Waals surface area contributed by atoms with Crippen LogP contribution in [0.2, 0.25) is 0 Å². The summed E-state index contributed by atoms with van der Waals surface area (Å²) in [4.78, 5) is 25.6. The molecule has 6 heteroatoms. The highest BCUT2D eigenvalue weighted by Gasteiger charge is 2.24. The van der Waals surface area contributed by atoms with Gasteiger partial charge in [-0.2, -0.15) is 0 Å². The zero-order valence-corrected chi connectivity index (χ0v) is 11.6. The van der Waals surface area contributed by atoms with Crippen LogP contribution in [-0.4, -0.2) is 61.6 Å². The summed E-state index contributed by atoms with van der Waals surface area (Å²) < 4.78 is 5.21. The Labute approximate surface area is 114 Å². The molecule has 19 heavy (non-hydrogen) atoms. The number of carbonyl (C=O) groups excluding carboxylic acids is 2. The lowest BCUT2D eigenvalue weighted by atomic mass is 10.2. The number of rotatable bonds is 6. The number of hydrogen-bond acceptors (Lipinski definition) is 4. The molecule has 0 aromatic rings. The van der Waals surface area contributed by atoms with Crippen molar-refractivity contribution in [2.45, 2.75) is 25.9 Å². The Morgan fingerprint density at radius 3 is 2.53 bits per heavy atom. The molecule has 1 fully saturated rings.